The van der Waals surface area contributed by atoms with Gasteiger partial charge >= 0.3 is 0 Å². The van der Waals surface area contributed by atoms with Crippen molar-refractivity contribution in [2.75, 3.05) is 0 Å². The lowest BCUT2D eigenvalue weighted by Crippen LogP contribution is -2.38. The van der Waals surface area contributed by atoms with Crippen molar-refractivity contribution in [2.24, 2.45) is 0 Å². The maximum absolute atomic E-state index is 13.0. The number of aliphatic hydroxyl groups is 1. The molecule has 0 spiro atoms. The predicted octanol–water partition coefficient (Wildman–Crippen LogP) is 2.50. The highest BCUT2D eigenvalue weighted by molar-refractivity contribution is 5.23. The molecule has 78 valence electrons. The van der Waals surface area contributed by atoms with Gasteiger partial charge in [-0.3, -0.25) is 0 Å². The van der Waals surface area contributed by atoms with Gasteiger partial charge in [-0.2, -0.15) is 0 Å². The average molecular weight is 204 g/mol. The van der Waals surface area contributed by atoms with Crippen LogP contribution in [-0.2, 0) is 5.60 Å². The zero-order valence-electron chi connectivity index (χ0n) is 7.62. The fraction of sp³-hybridized carbons (Fsp3) is 0.400. The Bertz CT molecular complexity index is 285. The molecule has 0 radical (unpaired) electrons. The maximum atomic E-state index is 13.0. The molecule has 0 fully saturated rings. The SMILES string of the molecule is CC(O)(c1ccccc1)C(F)C(F)F. The summed E-state index contributed by atoms with van der Waals surface area (Å²) in [5.41, 5.74) is -2.00. The molecule has 0 amide bonds. The van der Waals surface area contributed by atoms with Crippen LogP contribution in [0.4, 0.5) is 13.2 Å². The van der Waals surface area contributed by atoms with Crippen molar-refractivity contribution in [1.29, 1.82) is 0 Å². The molecule has 2 atom stereocenters. The van der Waals surface area contributed by atoms with Crippen LogP contribution in [0.5, 0.6) is 0 Å². The first-order valence-corrected chi connectivity index (χ1v) is 4.16. The molecule has 1 aromatic carbocycles. The molecule has 0 aromatic heterocycles. The zero-order chi connectivity index (χ0) is 10.8. The van der Waals surface area contributed by atoms with Crippen LogP contribution in [-0.4, -0.2) is 17.7 Å². The second-order valence-electron chi connectivity index (χ2n) is 3.25. The van der Waals surface area contributed by atoms with Crippen LogP contribution in [0.2, 0.25) is 0 Å². The van der Waals surface area contributed by atoms with Gasteiger partial charge in [-0.1, -0.05) is 30.3 Å². The molecule has 4 heteroatoms. The Kier molecular flexibility index (Phi) is 3.16. The molecule has 0 aliphatic rings. The Morgan fingerprint density at radius 3 is 2.07 bits per heavy atom. The summed E-state index contributed by atoms with van der Waals surface area (Å²) in [7, 11) is 0. The summed E-state index contributed by atoms with van der Waals surface area (Å²) in [4.78, 5) is 0. The normalized spacial score (nSPS) is 17.9. The van der Waals surface area contributed by atoms with Crippen LogP contribution in [0.3, 0.4) is 0 Å². The second-order valence-corrected chi connectivity index (χ2v) is 3.25. The van der Waals surface area contributed by atoms with E-state index in [0.29, 0.717) is 0 Å². The first-order chi connectivity index (χ1) is 6.46. The van der Waals surface area contributed by atoms with Gasteiger partial charge in [0.2, 0.25) is 0 Å². The van der Waals surface area contributed by atoms with Gasteiger partial charge in [0.1, 0.15) is 5.60 Å². The van der Waals surface area contributed by atoms with E-state index in [1.165, 1.54) is 12.1 Å². The van der Waals surface area contributed by atoms with Crippen molar-refractivity contribution in [3.63, 3.8) is 0 Å². The highest BCUT2D eigenvalue weighted by atomic mass is 19.3. The van der Waals surface area contributed by atoms with E-state index in [1.54, 1.807) is 18.2 Å². The molecular weight excluding hydrogens is 193 g/mol. The fourth-order valence-corrected chi connectivity index (χ4v) is 1.18. The molecule has 0 bridgehead atoms. The number of hydrogen-bond acceptors (Lipinski definition) is 1. The molecule has 0 saturated heterocycles. The second kappa shape index (κ2) is 4.00. The van der Waals surface area contributed by atoms with Gasteiger partial charge < -0.3 is 5.11 Å². The summed E-state index contributed by atoms with van der Waals surface area (Å²) in [6, 6.07) is 7.60. The molecule has 2 unspecified atom stereocenters. The van der Waals surface area contributed by atoms with Gasteiger partial charge in [-0.05, 0) is 12.5 Å². The van der Waals surface area contributed by atoms with Crippen molar-refractivity contribution < 1.29 is 18.3 Å². The number of hydrogen-bond donors (Lipinski definition) is 1. The number of halogens is 3. The molecule has 0 aliphatic carbocycles. The quantitative estimate of drug-likeness (QED) is 0.802. The highest BCUT2D eigenvalue weighted by Gasteiger charge is 2.40. The van der Waals surface area contributed by atoms with Crippen LogP contribution in [0.1, 0.15) is 12.5 Å². The molecule has 1 rings (SSSR count). The van der Waals surface area contributed by atoms with Crippen molar-refractivity contribution in [3.05, 3.63) is 35.9 Å². The molecule has 1 nitrogen and oxygen atoms in total. The lowest BCUT2D eigenvalue weighted by atomic mass is 9.91. The molecule has 0 saturated carbocycles. The molecule has 14 heavy (non-hydrogen) atoms. The molecule has 0 heterocycles. The van der Waals surface area contributed by atoms with Crippen LogP contribution < -0.4 is 0 Å². The van der Waals surface area contributed by atoms with Crippen molar-refractivity contribution in [3.8, 4) is 0 Å². The first kappa shape index (κ1) is 11.0. The van der Waals surface area contributed by atoms with E-state index in [4.69, 9.17) is 0 Å². The Morgan fingerprint density at radius 1 is 1.14 bits per heavy atom. The van der Waals surface area contributed by atoms with E-state index in [0.717, 1.165) is 6.92 Å². The van der Waals surface area contributed by atoms with Gasteiger partial charge in [-0.25, -0.2) is 13.2 Å². The molecular formula is C10H11F3O. The van der Waals surface area contributed by atoms with Crippen LogP contribution in [0.15, 0.2) is 30.3 Å². The summed E-state index contributed by atoms with van der Waals surface area (Å²) < 4.78 is 37.1. The van der Waals surface area contributed by atoms with Crippen LogP contribution in [0.25, 0.3) is 0 Å². The van der Waals surface area contributed by atoms with E-state index in [1.807, 2.05) is 0 Å². The van der Waals surface area contributed by atoms with Gasteiger partial charge in [0, 0.05) is 0 Å². The molecule has 0 aliphatic heterocycles. The molecule has 1 N–H and O–H groups in total. The third-order valence-electron chi connectivity index (χ3n) is 2.12. The van der Waals surface area contributed by atoms with Crippen molar-refractivity contribution in [2.45, 2.75) is 25.1 Å². The summed E-state index contributed by atoms with van der Waals surface area (Å²) in [6.07, 6.45) is -5.77. The minimum absolute atomic E-state index is 0.146. The minimum Gasteiger partial charge on any atom is -0.382 e. The maximum Gasteiger partial charge on any atom is 0.272 e. The number of benzene rings is 1. The minimum atomic E-state index is -3.19. The predicted molar refractivity (Wildman–Crippen MR) is 46.9 cm³/mol. The molecule has 1 aromatic rings. The Balaban J connectivity index is 2.96. The fourth-order valence-electron chi connectivity index (χ4n) is 1.18. The van der Waals surface area contributed by atoms with Crippen LogP contribution >= 0.6 is 0 Å². The van der Waals surface area contributed by atoms with Crippen molar-refractivity contribution in [1.82, 2.24) is 0 Å². The monoisotopic (exact) mass is 204 g/mol. The zero-order valence-corrected chi connectivity index (χ0v) is 7.62. The van der Waals surface area contributed by atoms with E-state index in [-0.39, 0.29) is 5.56 Å². The summed E-state index contributed by atoms with van der Waals surface area (Å²) in [5.74, 6) is 0. The van der Waals surface area contributed by atoms with E-state index in [9.17, 15) is 18.3 Å². The lowest BCUT2D eigenvalue weighted by molar-refractivity contribution is -0.0930. The van der Waals surface area contributed by atoms with E-state index < -0.39 is 18.2 Å². The third kappa shape index (κ3) is 2.07. The van der Waals surface area contributed by atoms with Gasteiger partial charge in [0.15, 0.2) is 6.17 Å². The van der Waals surface area contributed by atoms with Gasteiger partial charge in [0.05, 0.1) is 0 Å². The highest BCUT2D eigenvalue weighted by Crippen LogP contribution is 2.30. The van der Waals surface area contributed by atoms with Crippen LogP contribution in [0, 0.1) is 0 Å². The number of rotatable bonds is 3. The van der Waals surface area contributed by atoms with Gasteiger partial charge in [-0.15, -0.1) is 0 Å². The Hall–Kier alpha value is -1.03. The Morgan fingerprint density at radius 2 is 1.64 bits per heavy atom. The van der Waals surface area contributed by atoms with E-state index in [2.05, 4.69) is 0 Å². The third-order valence-corrected chi connectivity index (χ3v) is 2.12. The number of alkyl halides is 3. The smallest absolute Gasteiger partial charge is 0.272 e. The summed E-state index contributed by atoms with van der Waals surface area (Å²) in [5, 5.41) is 9.57. The largest absolute Gasteiger partial charge is 0.382 e. The summed E-state index contributed by atoms with van der Waals surface area (Å²) in [6.45, 7) is 1.04. The Labute approximate surface area is 80.2 Å². The standard InChI is InChI=1S/C10H11F3O/c1-10(14,8(11)9(12)13)7-5-3-2-4-6-7/h2-6,8-9,14H,1H3. The summed E-state index contributed by atoms with van der Waals surface area (Å²) >= 11 is 0. The van der Waals surface area contributed by atoms with E-state index >= 15 is 0 Å². The average Bonchev–Trinajstić information content (AvgIpc) is 2.18. The first-order valence-electron chi connectivity index (χ1n) is 4.16. The van der Waals surface area contributed by atoms with Crippen molar-refractivity contribution >= 4 is 0 Å². The topological polar surface area (TPSA) is 20.2 Å². The lowest BCUT2D eigenvalue weighted by Gasteiger charge is -2.27. The van der Waals surface area contributed by atoms with Gasteiger partial charge in [0.25, 0.3) is 6.43 Å².